The Balaban J connectivity index is 2.86. The Bertz CT molecular complexity index is 528. The molecule has 0 bridgehead atoms. The number of carbonyl (C=O) groups is 1. The van der Waals surface area contributed by atoms with E-state index in [2.05, 4.69) is 0 Å². The monoisotopic (exact) mass is 221 g/mol. The van der Waals surface area contributed by atoms with Crippen LogP contribution in [0.2, 0.25) is 5.02 Å². The molecule has 0 fully saturated rings. The van der Waals surface area contributed by atoms with Crippen LogP contribution >= 0.6 is 11.6 Å². The molecule has 2 rings (SSSR count). The molecule has 0 saturated heterocycles. The van der Waals surface area contributed by atoms with E-state index in [0.717, 1.165) is 33.5 Å². The molecule has 2 aromatic rings. The number of benzene rings is 1. The van der Waals surface area contributed by atoms with Crippen LogP contribution in [0.1, 0.15) is 11.3 Å². The van der Waals surface area contributed by atoms with Crippen LogP contribution in [0.4, 0.5) is 0 Å². The molecule has 2 nitrogen and oxygen atoms in total. The summed E-state index contributed by atoms with van der Waals surface area (Å²) in [7, 11) is 0. The number of fused-ring (bicyclic) bond motifs is 1. The van der Waals surface area contributed by atoms with Crippen LogP contribution in [0.3, 0.4) is 0 Å². The number of carbonyl (C=O) groups excluding carboxylic acids is 1. The van der Waals surface area contributed by atoms with Gasteiger partial charge in [0.25, 0.3) is 0 Å². The highest BCUT2D eigenvalue weighted by Crippen LogP contribution is 2.30. The Morgan fingerprint density at radius 1 is 1.40 bits per heavy atom. The van der Waals surface area contributed by atoms with Crippen LogP contribution in [0, 0.1) is 13.8 Å². The summed E-state index contributed by atoms with van der Waals surface area (Å²) in [5.74, 6) is 0. The molecule has 15 heavy (non-hydrogen) atoms. The fourth-order valence-electron chi connectivity index (χ4n) is 1.98. The highest BCUT2D eigenvalue weighted by Gasteiger charge is 2.12. The van der Waals surface area contributed by atoms with Crippen molar-refractivity contribution in [2.24, 2.45) is 0 Å². The van der Waals surface area contributed by atoms with Gasteiger partial charge in [-0.1, -0.05) is 17.7 Å². The Kier molecular flexibility index (Phi) is 2.53. The smallest absolute Gasteiger partial charge is 0.139 e. The maximum Gasteiger partial charge on any atom is 0.139 e. The average molecular weight is 222 g/mol. The van der Waals surface area contributed by atoms with Crippen molar-refractivity contribution in [1.82, 2.24) is 4.57 Å². The molecular formula is C12H12ClNO. The van der Waals surface area contributed by atoms with Gasteiger partial charge in [0.1, 0.15) is 6.29 Å². The maximum absolute atomic E-state index is 10.6. The van der Waals surface area contributed by atoms with Crippen LogP contribution < -0.4 is 0 Å². The van der Waals surface area contributed by atoms with E-state index < -0.39 is 0 Å². The molecule has 0 atom stereocenters. The Morgan fingerprint density at radius 2 is 2.13 bits per heavy atom. The van der Waals surface area contributed by atoms with Gasteiger partial charge < -0.3 is 9.36 Å². The van der Waals surface area contributed by atoms with Crippen molar-refractivity contribution in [2.75, 3.05) is 0 Å². The van der Waals surface area contributed by atoms with E-state index in [9.17, 15) is 4.79 Å². The first kappa shape index (κ1) is 10.2. The number of aromatic nitrogens is 1. The molecule has 0 aliphatic rings. The number of halogens is 1. The number of hydrogen-bond donors (Lipinski definition) is 0. The average Bonchev–Trinajstić information content (AvgIpc) is 2.45. The molecule has 3 heteroatoms. The van der Waals surface area contributed by atoms with Crippen molar-refractivity contribution in [1.29, 1.82) is 0 Å². The molecule has 0 unspecified atom stereocenters. The van der Waals surface area contributed by atoms with Crippen LogP contribution in [0.25, 0.3) is 10.9 Å². The van der Waals surface area contributed by atoms with Gasteiger partial charge in [0, 0.05) is 11.1 Å². The molecule has 1 aromatic carbocycles. The summed E-state index contributed by atoms with van der Waals surface area (Å²) in [6.45, 7) is 4.43. The maximum atomic E-state index is 10.6. The predicted molar refractivity (Wildman–Crippen MR) is 62.5 cm³/mol. The number of aldehydes is 1. The third kappa shape index (κ3) is 1.45. The zero-order valence-electron chi connectivity index (χ0n) is 8.75. The fraction of sp³-hybridized carbons (Fsp3) is 0.250. The minimum absolute atomic E-state index is 0.385. The molecule has 0 aliphatic carbocycles. The van der Waals surface area contributed by atoms with Gasteiger partial charge in [-0.3, -0.25) is 0 Å². The molecule has 0 saturated carbocycles. The number of aryl methyl sites for hydroxylation is 1. The van der Waals surface area contributed by atoms with E-state index in [1.54, 1.807) is 0 Å². The standard InChI is InChI=1S/C12H12ClNO/c1-8-9(2)14(6-7-15)11-5-3-4-10(13)12(8)11/h3-5,7H,6H2,1-2H3. The summed E-state index contributed by atoms with van der Waals surface area (Å²) in [5, 5.41) is 1.80. The SMILES string of the molecule is Cc1c(C)n(CC=O)c2cccc(Cl)c12. The summed E-state index contributed by atoms with van der Waals surface area (Å²) in [6.07, 6.45) is 0.910. The van der Waals surface area contributed by atoms with Crippen LogP contribution in [-0.4, -0.2) is 10.9 Å². The molecule has 0 amide bonds. The van der Waals surface area contributed by atoms with Gasteiger partial charge in [-0.2, -0.15) is 0 Å². The first-order valence-electron chi connectivity index (χ1n) is 4.84. The second kappa shape index (κ2) is 3.70. The number of nitrogens with zero attached hydrogens (tertiary/aromatic N) is 1. The summed E-state index contributed by atoms with van der Waals surface area (Å²) in [5.41, 5.74) is 3.28. The van der Waals surface area contributed by atoms with Crippen molar-refractivity contribution in [2.45, 2.75) is 20.4 Å². The highest BCUT2D eigenvalue weighted by atomic mass is 35.5. The van der Waals surface area contributed by atoms with Crippen LogP contribution in [-0.2, 0) is 11.3 Å². The Labute approximate surface area is 93.5 Å². The molecular weight excluding hydrogens is 210 g/mol. The van der Waals surface area contributed by atoms with Gasteiger partial charge in [0.15, 0.2) is 0 Å². The van der Waals surface area contributed by atoms with Crippen LogP contribution in [0.15, 0.2) is 18.2 Å². The van der Waals surface area contributed by atoms with Crippen molar-refractivity contribution in [3.05, 3.63) is 34.5 Å². The third-order valence-electron chi connectivity index (χ3n) is 2.86. The quantitative estimate of drug-likeness (QED) is 0.715. The summed E-state index contributed by atoms with van der Waals surface area (Å²) in [6, 6.07) is 5.77. The van der Waals surface area contributed by atoms with E-state index in [1.165, 1.54) is 0 Å². The summed E-state index contributed by atoms with van der Waals surface area (Å²) < 4.78 is 1.99. The van der Waals surface area contributed by atoms with Crippen molar-refractivity contribution in [3.8, 4) is 0 Å². The second-order valence-electron chi connectivity index (χ2n) is 3.62. The van der Waals surface area contributed by atoms with Gasteiger partial charge in [-0.15, -0.1) is 0 Å². The molecule has 0 radical (unpaired) electrons. The minimum atomic E-state index is 0.385. The molecule has 0 aliphatic heterocycles. The lowest BCUT2D eigenvalue weighted by Crippen LogP contribution is -2.00. The predicted octanol–water partition coefficient (Wildman–Crippen LogP) is 3.11. The molecule has 0 N–H and O–H groups in total. The zero-order chi connectivity index (χ0) is 11.0. The van der Waals surface area contributed by atoms with Gasteiger partial charge in [-0.05, 0) is 31.5 Å². The molecule has 0 spiro atoms. The normalized spacial score (nSPS) is 10.9. The van der Waals surface area contributed by atoms with E-state index in [1.807, 2.05) is 36.6 Å². The van der Waals surface area contributed by atoms with Crippen molar-refractivity contribution in [3.63, 3.8) is 0 Å². The Hall–Kier alpha value is -1.28. The lowest BCUT2D eigenvalue weighted by molar-refractivity contribution is -0.108. The fourth-order valence-corrected chi connectivity index (χ4v) is 2.29. The van der Waals surface area contributed by atoms with Crippen molar-refractivity contribution >= 4 is 28.8 Å². The molecule has 78 valence electrons. The second-order valence-corrected chi connectivity index (χ2v) is 4.03. The molecule has 1 aromatic heterocycles. The van der Waals surface area contributed by atoms with Gasteiger partial charge in [-0.25, -0.2) is 0 Å². The number of rotatable bonds is 2. The van der Waals surface area contributed by atoms with Crippen LogP contribution in [0.5, 0.6) is 0 Å². The zero-order valence-corrected chi connectivity index (χ0v) is 9.51. The minimum Gasteiger partial charge on any atom is -0.337 e. The first-order valence-corrected chi connectivity index (χ1v) is 5.22. The molecule has 1 heterocycles. The lowest BCUT2D eigenvalue weighted by Gasteiger charge is -2.02. The lowest BCUT2D eigenvalue weighted by atomic mass is 10.1. The first-order chi connectivity index (χ1) is 7.16. The Morgan fingerprint density at radius 3 is 2.80 bits per heavy atom. The van der Waals surface area contributed by atoms with E-state index in [4.69, 9.17) is 11.6 Å². The summed E-state index contributed by atoms with van der Waals surface area (Å²) >= 11 is 6.15. The van der Waals surface area contributed by atoms with Gasteiger partial charge >= 0.3 is 0 Å². The van der Waals surface area contributed by atoms with Crippen molar-refractivity contribution < 1.29 is 4.79 Å². The highest BCUT2D eigenvalue weighted by molar-refractivity contribution is 6.35. The third-order valence-corrected chi connectivity index (χ3v) is 3.18. The summed E-state index contributed by atoms with van der Waals surface area (Å²) in [4.78, 5) is 10.6. The van der Waals surface area contributed by atoms with E-state index in [-0.39, 0.29) is 0 Å². The van der Waals surface area contributed by atoms with E-state index >= 15 is 0 Å². The largest absolute Gasteiger partial charge is 0.337 e. The number of hydrogen-bond acceptors (Lipinski definition) is 1. The van der Waals surface area contributed by atoms with E-state index in [0.29, 0.717) is 6.54 Å². The van der Waals surface area contributed by atoms with Gasteiger partial charge in [0.2, 0.25) is 0 Å². The topological polar surface area (TPSA) is 22.0 Å². The van der Waals surface area contributed by atoms with Gasteiger partial charge in [0.05, 0.1) is 17.1 Å².